The zero-order valence-electron chi connectivity index (χ0n) is 13.2. The van der Waals surface area contributed by atoms with E-state index >= 15 is 0 Å². The maximum Gasteiger partial charge on any atom is 0.306 e. The molecule has 1 N–H and O–H groups in total. The first kappa shape index (κ1) is 17.9. The Hall–Kier alpha value is -1.14. The second kappa shape index (κ2) is 9.00. The van der Waals surface area contributed by atoms with Gasteiger partial charge >= 0.3 is 5.97 Å². The van der Waals surface area contributed by atoms with Crippen LogP contribution in [0.4, 0.5) is 0 Å². The number of carbonyl (C=O) groups excluding carboxylic acids is 1. The van der Waals surface area contributed by atoms with E-state index in [1.165, 1.54) is 0 Å². The fraction of sp³-hybridized carbons (Fsp3) is 0.867. The van der Waals surface area contributed by atoms with E-state index in [1.54, 1.807) is 4.90 Å². The van der Waals surface area contributed by atoms with Gasteiger partial charge in [0.2, 0.25) is 5.91 Å². The highest BCUT2D eigenvalue weighted by Gasteiger charge is 2.25. The first-order valence-electron chi connectivity index (χ1n) is 7.61. The average molecular weight is 301 g/mol. The summed E-state index contributed by atoms with van der Waals surface area (Å²) in [7, 11) is 0. The number of morpholine rings is 1. The van der Waals surface area contributed by atoms with Crippen molar-refractivity contribution in [2.24, 2.45) is 5.92 Å². The van der Waals surface area contributed by atoms with Gasteiger partial charge in [-0.2, -0.15) is 0 Å². The smallest absolute Gasteiger partial charge is 0.306 e. The molecule has 6 heteroatoms. The molecular weight excluding hydrogens is 274 g/mol. The van der Waals surface area contributed by atoms with Gasteiger partial charge in [0, 0.05) is 13.1 Å². The van der Waals surface area contributed by atoms with Crippen molar-refractivity contribution in [2.75, 3.05) is 26.3 Å². The molecule has 0 aliphatic carbocycles. The van der Waals surface area contributed by atoms with Crippen LogP contribution < -0.4 is 0 Å². The van der Waals surface area contributed by atoms with Crippen LogP contribution in [0, 0.1) is 5.92 Å². The fourth-order valence-corrected chi connectivity index (χ4v) is 2.50. The standard InChI is InChI=1S/C15H27NO5/c1-11(2)8-12(3)20-6-4-14(17)16-5-7-21-13(10-16)9-15(18)19/h11-13H,4-10H2,1-3H3,(H,18,19)/t12-,13+/m1/s1. The fourth-order valence-electron chi connectivity index (χ4n) is 2.50. The summed E-state index contributed by atoms with van der Waals surface area (Å²) >= 11 is 0. The molecule has 0 aromatic heterocycles. The molecule has 1 aliphatic heterocycles. The first-order valence-corrected chi connectivity index (χ1v) is 7.61. The number of aliphatic carboxylic acids is 1. The van der Waals surface area contributed by atoms with E-state index in [0.717, 1.165) is 6.42 Å². The number of hydrogen-bond donors (Lipinski definition) is 1. The van der Waals surface area contributed by atoms with Crippen LogP contribution in [-0.2, 0) is 19.1 Å². The molecule has 0 unspecified atom stereocenters. The van der Waals surface area contributed by atoms with Crippen molar-refractivity contribution in [1.29, 1.82) is 0 Å². The van der Waals surface area contributed by atoms with Gasteiger partial charge in [-0.05, 0) is 19.3 Å². The molecule has 1 amide bonds. The minimum atomic E-state index is -0.903. The van der Waals surface area contributed by atoms with E-state index in [2.05, 4.69) is 13.8 Å². The highest BCUT2D eigenvalue weighted by atomic mass is 16.5. The average Bonchev–Trinajstić information content (AvgIpc) is 2.37. The van der Waals surface area contributed by atoms with E-state index in [-0.39, 0.29) is 18.4 Å². The van der Waals surface area contributed by atoms with Crippen molar-refractivity contribution >= 4 is 11.9 Å². The van der Waals surface area contributed by atoms with Gasteiger partial charge < -0.3 is 19.5 Å². The predicted molar refractivity (Wildman–Crippen MR) is 78.1 cm³/mol. The zero-order valence-corrected chi connectivity index (χ0v) is 13.2. The quantitative estimate of drug-likeness (QED) is 0.736. The van der Waals surface area contributed by atoms with Crippen LogP contribution >= 0.6 is 0 Å². The van der Waals surface area contributed by atoms with E-state index in [1.807, 2.05) is 6.92 Å². The lowest BCUT2D eigenvalue weighted by molar-refractivity contribution is -0.148. The van der Waals surface area contributed by atoms with E-state index < -0.39 is 12.1 Å². The summed E-state index contributed by atoms with van der Waals surface area (Å²) in [5.74, 6) is -0.322. The summed E-state index contributed by atoms with van der Waals surface area (Å²) < 4.78 is 11.0. The molecule has 6 nitrogen and oxygen atoms in total. The van der Waals surface area contributed by atoms with Crippen LogP contribution in [0.2, 0.25) is 0 Å². The number of carboxylic acid groups (broad SMARTS) is 1. The molecule has 0 spiro atoms. The minimum Gasteiger partial charge on any atom is -0.481 e. The van der Waals surface area contributed by atoms with Gasteiger partial charge in [0.15, 0.2) is 0 Å². The molecule has 1 rings (SSSR count). The number of carbonyl (C=O) groups is 2. The van der Waals surface area contributed by atoms with Gasteiger partial charge in [-0.3, -0.25) is 9.59 Å². The van der Waals surface area contributed by atoms with Gasteiger partial charge in [0.05, 0.1) is 38.3 Å². The van der Waals surface area contributed by atoms with Crippen LogP contribution in [0.1, 0.15) is 40.0 Å². The summed E-state index contributed by atoms with van der Waals surface area (Å²) in [6.07, 6.45) is 1.00. The Morgan fingerprint density at radius 2 is 2.10 bits per heavy atom. The molecule has 0 aromatic rings. The number of rotatable bonds is 8. The second-order valence-corrected chi connectivity index (χ2v) is 5.99. The van der Waals surface area contributed by atoms with Crippen molar-refractivity contribution in [3.8, 4) is 0 Å². The molecule has 1 fully saturated rings. The van der Waals surface area contributed by atoms with Crippen molar-refractivity contribution < 1.29 is 24.2 Å². The Labute approximate surface area is 126 Å². The maximum absolute atomic E-state index is 12.1. The Balaban J connectivity index is 2.26. The molecule has 122 valence electrons. The summed E-state index contributed by atoms with van der Waals surface area (Å²) in [5.41, 5.74) is 0. The Bertz CT molecular complexity index is 345. The van der Waals surface area contributed by atoms with Gasteiger partial charge in [0.1, 0.15) is 0 Å². The third kappa shape index (κ3) is 7.43. The highest BCUT2D eigenvalue weighted by molar-refractivity contribution is 5.76. The minimum absolute atomic E-state index is 0.00503. The molecule has 0 saturated carbocycles. The molecule has 0 aromatic carbocycles. The van der Waals surface area contributed by atoms with E-state index in [4.69, 9.17) is 14.6 Å². The van der Waals surface area contributed by atoms with Crippen molar-refractivity contribution in [3.63, 3.8) is 0 Å². The van der Waals surface area contributed by atoms with Gasteiger partial charge in [0.25, 0.3) is 0 Å². The number of hydrogen-bond acceptors (Lipinski definition) is 4. The Morgan fingerprint density at radius 1 is 1.38 bits per heavy atom. The van der Waals surface area contributed by atoms with Crippen LogP contribution in [0.15, 0.2) is 0 Å². The third-order valence-corrected chi connectivity index (χ3v) is 3.42. The van der Waals surface area contributed by atoms with Crippen molar-refractivity contribution in [3.05, 3.63) is 0 Å². The highest BCUT2D eigenvalue weighted by Crippen LogP contribution is 2.11. The third-order valence-electron chi connectivity index (χ3n) is 3.42. The lowest BCUT2D eigenvalue weighted by Gasteiger charge is -2.32. The van der Waals surface area contributed by atoms with Crippen molar-refractivity contribution in [1.82, 2.24) is 4.90 Å². The largest absolute Gasteiger partial charge is 0.481 e. The number of amides is 1. The SMILES string of the molecule is CC(C)C[C@@H](C)OCCC(=O)N1CCO[C@@H](CC(=O)O)C1. The molecule has 1 heterocycles. The Kier molecular flexibility index (Phi) is 7.67. The number of carboxylic acids is 1. The molecule has 1 aliphatic rings. The maximum atomic E-state index is 12.1. The van der Waals surface area contributed by atoms with Crippen LogP contribution in [-0.4, -0.2) is 60.4 Å². The lowest BCUT2D eigenvalue weighted by Crippen LogP contribution is -2.46. The van der Waals surface area contributed by atoms with E-state index in [9.17, 15) is 9.59 Å². The number of ether oxygens (including phenoxy) is 2. The Morgan fingerprint density at radius 3 is 2.71 bits per heavy atom. The first-order chi connectivity index (χ1) is 9.88. The van der Waals surface area contributed by atoms with Gasteiger partial charge in [-0.1, -0.05) is 13.8 Å². The summed E-state index contributed by atoms with van der Waals surface area (Å²) in [5, 5.41) is 8.76. The number of nitrogens with zero attached hydrogens (tertiary/aromatic N) is 1. The molecule has 0 bridgehead atoms. The van der Waals surface area contributed by atoms with E-state index in [0.29, 0.717) is 38.6 Å². The van der Waals surface area contributed by atoms with Crippen LogP contribution in [0.3, 0.4) is 0 Å². The normalized spacial score (nSPS) is 20.6. The predicted octanol–water partition coefficient (Wildman–Crippen LogP) is 1.53. The van der Waals surface area contributed by atoms with Gasteiger partial charge in [-0.25, -0.2) is 0 Å². The molecule has 0 radical (unpaired) electrons. The summed E-state index contributed by atoms with van der Waals surface area (Å²) in [6.45, 7) is 7.98. The monoisotopic (exact) mass is 301 g/mol. The second-order valence-electron chi connectivity index (χ2n) is 5.99. The van der Waals surface area contributed by atoms with Crippen LogP contribution in [0.25, 0.3) is 0 Å². The van der Waals surface area contributed by atoms with Crippen LogP contribution in [0.5, 0.6) is 0 Å². The van der Waals surface area contributed by atoms with Gasteiger partial charge in [-0.15, -0.1) is 0 Å². The summed E-state index contributed by atoms with van der Waals surface area (Å²) in [4.78, 5) is 24.4. The molecule has 2 atom stereocenters. The topological polar surface area (TPSA) is 76.1 Å². The lowest BCUT2D eigenvalue weighted by atomic mass is 10.1. The summed E-state index contributed by atoms with van der Waals surface area (Å²) in [6, 6.07) is 0. The zero-order chi connectivity index (χ0) is 15.8. The van der Waals surface area contributed by atoms with Crippen molar-refractivity contribution in [2.45, 2.75) is 52.2 Å². The molecule has 21 heavy (non-hydrogen) atoms. The molecule has 1 saturated heterocycles. The molecular formula is C15H27NO5.